The van der Waals surface area contributed by atoms with Crippen molar-refractivity contribution in [2.24, 2.45) is 0 Å². The van der Waals surface area contributed by atoms with Crippen LogP contribution >= 0.6 is 24.2 Å². The zero-order valence-electron chi connectivity index (χ0n) is 8.03. The molecular weight excluding hydrogens is 280 g/mol. The van der Waals surface area contributed by atoms with Crippen molar-refractivity contribution >= 4 is 66.3 Å². The lowest BCUT2D eigenvalue weighted by molar-refractivity contribution is 1.86. The van der Waals surface area contributed by atoms with Gasteiger partial charge in [0.05, 0.1) is 0 Å². The number of rotatable bonds is 1. The zero-order valence-corrected chi connectivity index (χ0v) is 11.9. The van der Waals surface area contributed by atoms with Crippen molar-refractivity contribution in [1.82, 2.24) is 0 Å². The number of benzene rings is 2. The van der Waals surface area contributed by atoms with Crippen molar-refractivity contribution in [3.05, 3.63) is 42.5 Å². The Morgan fingerprint density at radius 1 is 0.933 bits per heavy atom. The molecule has 0 N–H and O–H groups in total. The minimum atomic E-state index is -0.214. The van der Waals surface area contributed by atoms with Crippen LogP contribution in [-0.2, 0) is 0 Å². The zero-order chi connectivity index (χ0) is 10.3. The van der Waals surface area contributed by atoms with Crippen LogP contribution in [-0.4, -0.2) is 18.2 Å². The fourth-order valence-electron chi connectivity index (χ4n) is 1.85. The van der Waals surface area contributed by atoms with Gasteiger partial charge < -0.3 is 0 Å². The molecule has 3 heteroatoms. The van der Waals surface area contributed by atoms with Gasteiger partial charge in [-0.05, 0) is 6.07 Å². The number of halogens is 1. The molecule has 15 heavy (non-hydrogen) atoms. The third kappa shape index (κ3) is 1.71. The number of hydrogen-bond donors (Lipinski definition) is 0. The Kier molecular flexibility index (Phi) is 2.73. The Bertz CT molecular complexity index is 630. The Morgan fingerprint density at radius 3 is 2.60 bits per heavy atom. The second kappa shape index (κ2) is 4.05. The minimum absolute atomic E-state index is 0.214. The first-order chi connectivity index (χ1) is 7.38. The van der Waals surface area contributed by atoms with Gasteiger partial charge in [-0.1, -0.05) is 36.4 Å². The Balaban J connectivity index is 2.43. The Morgan fingerprint density at radius 2 is 1.73 bits per heavy atom. The second-order valence-corrected chi connectivity index (χ2v) is 7.41. The SMILES string of the molecule is [Br][Mg][c]1ccc2c(c1)sc1ccccc12. The molecule has 1 heterocycles. The normalized spacial score (nSPS) is 10.7. The average molecular weight is 287 g/mol. The lowest BCUT2D eigenvalue weighted by Gasteiger charge is -1.94. The summed E-state index contributed by atoms with van der Waals surface area (Å²) < 4.78 is 4.29. The Hall–Kier alpha value is -0.0938. The molecule has 1 aromatic heterocycles. The molecule has 2 aromatic carbocycles. The molecule has 0 bridgehead atoms. The van der Waals surface area contributed by atoms with Gasteiger partial charge in [-0.15, -0.1) is 11.3 Å². The Labute approximate surface area is 108 Å². The molecule has 0 saturated carbocycles. The highest BCUT2D eigenvalue weighted by atomic mass is 79.9. The number of fused-ring (bicyclic) bond motifs is 3. The molecule has 0 aliphatic carbocycles. The van der Waals surface area contributed by atoms with Crippen LogP contribution in [0.1, 0.15) is 0 Å². The van der Waals surface area contributed by atoms with E-state index in [2.05, 4.69) is 55.3 Å². The molecule has 0 fully saturated rings. The van der Waals surface area contributed by atoms with E-state index in [1.165, 1.54) is 23.9 Å². The summed E-state index contributed by atoms with van der Waals surface area (Å²) in [6.07, 6.45) is 0. The van der Waals surface area contributed by atoms with Crippen LogP contribution in [0.2, 0.25) is 0 Å². The van der Waals surface area contributed by atoms with Crippen molar-refractivity contribution in [2.75, 3.05) is 0 Å². The van der Waals surface area contributed by atoms with Gasteiger partial charge >= 0.3 is 18.2 Å². The molecule has 0 radical (unpaired) electrons. The van der Waals surface area contributed by atoms with Crippen LogP contribution in [0.25, 0.3) is 20.2 Å². The second-order valence-electron chi connectivity index (χ2n) is 3.56. The summed E-state index contributed by atoms with van der Waals surface area (Å²) in [5.41, 5.74) is 0. The molecule has 70 valence electrons. The van der Waals surface area contributed by atoms with Gasteiger partial charge in [0.15, 0.2) is 0 Å². The summed E-state index contributed by atoms with van der Waals surface area (Å²) in [6, 6.07) is 15.5. The van der Waals surface area contributed by atoms with E-state index in [0.29, 0.717) is 0 Å². The van der Waals surface area contributed by atoms with Crippen molar-refractivity contribution in [3.63, 3.8) is 0 Å². The van der Waals surface area contributed by atoms with Crippen LogP contribution < -0.4 is 3.69 Å². The molecule has 0 unspecified atom stereocenters. The molecule has 0 saturated heterocycles. The summed E-state index contributed by atoms with van der Waals surface area (Å²) in [6.45, 7) is 0. The van der Waals surface area contributed by atoms with E-state index < -0.39 is 0 Å². The monoisotopic (exact) mass is 286 g/mol. The highest BCUT2D eigenvalue weighted by Crippen LogP contribution is 2.32. The van der Waals surface area contributed by atoms with Gasteiger partial charge in [-0.25, -0.2) is 0 Å². The predicted molar refractivity (Wildman–Crippen MR) is 73.6 cm³/mol. The molecular formula is C12H7BrMgS. The lowest BCUT2D eigenvalue weighted by atomic mass is 10.1. The van der Waals surface area contributed by atoms with Crippen LogP contribution in [0, 0.1) is 0 Å². The van der Waals surface area contributed by atoms with E-state index in [1.54, 1.807) is 0 Å². The van der Waals surface area contributed by atoms with Crippen LogP contribution in [0.5, 0.6) is 0 Å². The van der Waals surface area contributed by atoms with Gasteiger partial charge in [0.2, 0.25) is 0 Å². The fourth-order valence-corrected chi connectivity index (χ4v) is 4.71. The summed E-state index contributed by atoms with van der Waals surface area (Å²) >= 11 is 5.31. The van der Waals surface area contributed by atoms with E-state index >= 15 is 0 Å². The largest absolute Gasteiger partial charge is 0.506 e. The molecule has 0 amide bonds. The van der Waals surface area contributed by atoms with Crippen LogP contribution in [0.4, 0.5) is 0 Å². The number of hydrogen-bond acceptors (Lipinski definition) is 1. The number of thiophene rings is 1. The molecule has 0 aliphatic heterocycles. The van der Waals surface area contributed by atoms with Crippen molar-refractivity contribution < 1.29 is 0 Å². The molecule has 0 atom stereocenters. The van der Waals surface area contributed by atoms with E-state index in [-0.39, 0.29) is 18.2 Å². The topological polar surface area (TPSA) is 0 Å². The average Bonchev–Trinajstić information content (AvgIpc) is 2.66. The maximum atomic E-state index is 3.63. The first kappa shape index (κ1) is 10.1. The predicted octanol–water partition coefficient (Wildman–Crippen LogP) is 3.69. The van der Waals surface area contributed by atoms with Crippen molar-refractivity contribution in [3.8, 4) is 0 Å². The highest BCUT2D eigenvalue weighted by Gasteiger charge is 2.04. The maximum absolute atomic E-state index is 3.63. The summed E-state index contributed by atoms with van der Waals surface area (Å²) in [5.74, 6) is 0. The van der Waals surface area contributed by atoms with Crippen LogP contribution in [0.15, 0.2) is 42.5 Å². The minimum Gasteiger partial charge on any atom is -0.296 e. The first-order valence-electron chi connectivity index (χ1n) is 4.84. The highest BCUT2D eigenvalue weighted by molar-refractivity contribution is 9.23. The van der Waals surface area contributed by atoms with Gasteiger partial charge in [0.25, 0.3) is 0 Å². The quantitative estimate of drug-likeness (QED) is 0.599. The molecule has 0 spiro atoms. The van der Waals surface area contributed by atoms with Gasteiger partial charge in [-0.3, -0.25) is 12.9 Å². The summed E-state index contributed by atoms with van der Waals surface area (Å²) in [7, 11) is 0. The van der Waals surface area contributed by atoms with Gasteiger partial charge in [0, 0.05) is 20.2 Å². The van der Waals surface area contributed by atoms with Crippen molar-refractivity contribution in [1.29, 1.82) is 0 Å². The standard InChI is InChI=1S/C12H7S.BrH.Mg/c1-3-7-11-9(5-1)10-6-2-4-8-12(10)13-11;;/h1-3,5-8H;1H;/q;;+1/p-1. The summed E-state index contributed by atoms with van der Waals surface area (Å²) in [4.78, 5) is 0. The lowest BCUT2D eigenvalue weighted by Crippen LogP contribution is -2.05. The molecule has 0 nitrogen and oxygen atoms in total. The van der Waals surface area contributed by atoms with Gasteiger partial charge in [-0.2, -0.15) is 3.69 Å². The third-order valence-electron chi connectivity index (χ3n) is 2.60. The molecule has 0 aliphatic rings. The third-order valence-corrected chi connectivity index (χ3v) is 6.42. The van der Waals surface area contributed by atoms with E-state index in [9.17, 15) is 0 Å². The molecule has 3 rings (SSSR count). The first-order valence-corrected chi connectivity index (χ1v) is 10.3. The van der Waals surface area contributed by atoms with E-state index in [0.717, 1.165) is 0 Å². The van der Waals surface area contributed by atoms with Crippen LogP contribution in [0.3, 0.4) is 0 Å². The van der Waals surface area contributed by atoms with E-state index in [1.807, 2.05) is 11.3 Å². The van der Waals surface area contributed by atoms with Crippen molar-refractivity contribution in [2.45, 2.75) is 0 Å². The van der Waals surface area contributed by atoms with Gasteiger partial charge in [0.1, 0.15) is 0 Å². The smallest absolute Gasteiger partial charge is 0.296 e. The fraction of sp³-hybridized carbons (Fsp3) is 0. The molecule has 3 aromatic rings. The van der Waals surface area contributed by atoms with E-state index in [4.69, 9.17) is 0 Å². The summed E-state index contributed by atoms with van der Waals surface area (Å²) in [5, 5.41) is 2.79. The maximum Gasteiger partial charge on any atom is 0.506 e.